The van der Waals surface area contributed by atoms with E-state index in [1.165, 1.54) is 23.1 Å². The van der Waals surface area contributed by atoms with Crippen molar-refractivity contribution in [2.45, 2.75) is 39.4 Å². The third-order valence-electron chi connectivity index (χ3n) is 5.76. The van der Waals surface area contributed by atoms with E-state index < -0.39 is 0 Å². The van der Waals surface area contributed by atoms with Crippen LogP contribution in [0.25, 0.3) is 10.2 Å². The first-order valence-corrected chi connectivity index (χ1v) is 13.0. The molecule has 0 radical (unpaired) electrons. The maximum absolute atomic E-state index is 13.4. The van der Waals surface area contributed by atoms with Crippen molar-refractivity contribution < 1.29 is 9.21 Å². The van der Waals surface area contributed by atoms with E-state index in [1.54, 1.807) is 16.9 Å². The van der Waals surface area contributed by atoms with Crippen molar-refractivity contribution in [1.82, 2.24) is 9.55 Å². The quantitative estimate of drug-likeness (QED) is 0.250. The molecule has 7 nitrogen and oxygen atoms in total. The number of aromatic nitrogens is 2. The van der Waals surface area contributed by atoms with Crippen LogP contribution in [0.4, 0.5) is 11.4 Å². The SMILES string of the molecule is CCN(CC)c1ccc(NC(=O)CSc2nc3sc(C)c(C)c3c(=O)n2Cc2ccco2)cc1. The van der Waals surface area contributed by atoms with Crippen LogP contribution in [0.2, 0.25) is 0 Å². The van der Waals surface area contributed by atoms with Crippen molar-refractivity contribution >= 4 is 50.6 Å². The van der Waals surface area contributed by atoms with Crippen LogP contribution in [0.3, 0.4) is 0 Å². The molecule has 0 bridgehead atoms. The van der Waals surface area contributed by atoms with Gasteiger partial charge in [-0.2, -0.15) is 0 Å². The monoisotopic (exact) mass is 496 g/mol. The molecule has 3 heterocycles. The zero-order valence-electron chi connectivity index (χ0n) is 19.8. The van der Waals surface area contributed by atoms with Crippen LogP contribution >= 0.6 is 23.1 Å². The van der Waals surface area contributed by atoms with Gasteiger partial charge >= 0.3 is 0 Å². The molecule has 0 spiro atoms. The standard InChI is InChI=1S/C25H28N4O3S2/c1-5-28(6-2)19-11-9-18(10-12-19)26-21(30)15-33-25-27-23-22(16(3)17(4)34-23)24(31)29(25)14-20-8-7-13-32-20/h7-13H,5-6,14-15H2,1-4H3,(H,26,30). The summed E-state index contributed by atoms with van der Waals surface area (Å²) >= 11 is 2.75. The molecule has 9 heteroatoms. The van der Waals surface area contributed by atoms with Gasteiger partial charge in [-0.3, -0.25) is 14.2 Å². The lowest BCUT2D eigenvalue weighted by Gasteiger charge is -2.21. The number of anilines is 2. The molecule has 1 amide bonds. The van der Waals surface area contributed by atoms with Gasteiger partial charge in [0, 0.05) is 29.3 Å². The zero-order valence-corrected chi connectivity index (χ0v) is 21.4. The van der Waals surface area contributed by atoms with Crippen molar-refractivity contribution in [3.63, 3.8) is 0 Å². The highest BCUT2D eigenvalue weighted by atomic mass is 32.2. The molecule has 4 aromatic rings. The van der Waals surface area contributed by atoms with Gasteiger partial charge in [-0.1, -0.05) is 11.8 Å². The summed E-state index contributed by atoms with van der Waals surface area (Å²) in [6.45, 7) is 10.3. The second-order valence-corrected chi connectivity index (χ2v) is 10.0. The van der Waals surface area contributed by atoms with Crippen LogP contribution in [-0.4, -0.2) is 34.3 Å². The van der Waals surface area contributed by atoms with E-state index in [1.807, 2.05) is 44.2 Å². The third-order valence-corrected chi connectivity index (χ3v) is 7.84. The normalized spacial score (nSPS) is 11.2. The smallest absolute Gasteiger partial charge is 0.263 e. The highest BCUT2D eigenvalue weighted by molar-refractivity contribution is 7.99. The second kappa shape index (κ2) is 10.5. The molecule has 0 saturated carbocycles. The number of carbonyl (C=O) groups excluding carboxylic acids is 1. The number of furan rings is 1. The number of thiophene rings is 1. The van der Waals surface area contributed by atoms with Gasteiger partial charge in [0.1, 0.15) is 10.6 Å². The molecule has 3 aromatic heterocycles. The number of aryl methyl sites for hydroxylation is 2. The van der Waals surface area contributed by atoms with Crippen LogP contribution in [-0.2, 0) is 11.3 Å². The summed E-state index contributed by atoms with van der Waals surface area (Å²) in [6, 6.07) is 11.4. The Bertz CT molecular complexity index is 1340. The number of hydrogen-bond acceptors (Lipinski definition) is 7. The van der Waals surface area contributed by atoms with Gasteiger partial charge in [-0.15, -0.1) is 11.3 Å². The van der Waals surface area contributed by atoms with Crippen LogP contribution < -0.4 is 15.8 Å². The molecule has 1 N–H and O–H groups in total. The van der Waals surface area contributed by atoms with Gasteiger partial charge < -0.3 is 14.6 Å². The maximum atomic E-state index is 13.4. The largest absolute Gasteiger partial charge is 0.467 e. The van der Waals surface area contributed by atoms with E-state index in [4.69, 9.17) is 9.40 Å². The highest BCUT2D eigenvalue weighted by Crippen LogP contribution is 2.29. The van der Waals surface area contributed by atoms with Crippen LogP contribution in [0.15, 0.2) is 57.0 Å². The minimum absolute atomic E-state index is 0.113. The summed E-state index contributed by atoms with van der Waals surface area (Å²) in [5.74, 6) is 0.641. The van der Waals surface area contributed by atoms with Crippen LogP contribution in [0.5, 0.6) is 0 Å². The maximum Gasteiger partial charge on any atom is 0.263 e. The summed E-state index contributed by atoms with van der Waals surface area (Å²) < 4.78 is 7.06. The number of carbonyl (C=O) groups is 1. The number of thioether (sulfide) groups is 1. The Morgan fingerprint density at radius 3 is 2.56 bits per heavy atom. The first-order valence-electron chi connectivity index (χ1n) is 11.2. The molecule has 4 rings (SSSR count). The molecule has 0 aliphatic heterocycles. The van der Waals surface area contributed by atoms with Gasteiger partial charge in [0.2, 0.25) is 5.91 Å². The first kappa shape index (κ1) is 24.1. The molecule has 178 valence electrons. The van der Waals surface area contributed by atoms with Gasteiger partial charge in [-0.25, -0.2) is 4.98 Å². The van der Waals surface area contributed by atoms with E-state index in [-0.39, 0.29) is 23.8 Å². The average Bonchev–Trinajstić information content (AvgIpc) is 3.44. The fraction of sp³-hybridized carbons (Fsp3) is 0.320. The molecule has 0 fully saturated rings. The number of fused-ring (bicyclic) bond motifs is 1. The van der Waals surface area contributed by atoms with Crippen molar-refractivity contribution in [2.75, 3.05) is 29.1 Å². The van der Waals surface area contributed by atoms with Crippen LogP contribution in [0, 0.1) is 13.8 Å². The van der Waals surface area contributed by atoms with Crippen molar-refractivity contribution in [1.29, 1.82) is 0 Å². The molecule has 0 aliphatic rings. The number of benzene rings is 1. The Labute approximate surface area is 206 Å². The molecule has 0 unspecified atom stereocenters. The first-order chi connectivity index (χ1) is 16.4. The Hall–Kier alpha value is -3.04. The Kier molecular flexibility index (Phi) is 7.43. The van der Waals surface area contributed by atoms with Gasteiger partial charge in [-0.05, 0) is 69.7 Å². The molecule has 1 aromatic carbocycles. The molecule has 0 saturated heterocycles. The van der Waals surface area contributed by atoms with Crippen molar-refractivity contribution in [3.05, 3.63) is 69.2 Å². The average molecular weight is 497 g/mol. The summed E-state index contributed by atoms with van der Waals surface area (Å²) in [6.07, 6.45) is 1.58. The predicted molar refractivity (Wildman–Crippen MR) is 141 cm³/mol. The fourth-order valence-corrected chi connectivity index (χ4v) is 5.66. The summed E-state index contributed by atoms with van der Waals surface area (Å²) in [7, 11) is 0. The van der Waals surface area contributed by atoms with Gasteiger partial charge in [0.05, 0.1) is 23.9 Å². The molecule has 34 heavy (non-hydrogen) atoms. The number of nitrogens with zero attached hydrogens (tertiary/aromatic N) is 3. The minimum Gasteiger partial charge on any atom is -0.467 e. The third kappa shape index (κ3) is 5.05. The highest BCUT2D eigenvalue weighted by Gasteiger charge is 2.18. The summed E-state index contributed by atoms with van der Waals surface area (Å²) in [5.41, 5.74) is 2.70. The summed E-state index contributed by atoms with van der Waals surface area (Å²) in [5, 5.41) is 4.07. The molecule has 0 aliphatic carbocycles. The van der Waals surface area contributed by atoms with E-state index in [9.17, 15) is 9.59 Å². The predicted octanol–water partition coefficient (Wildman–Crippen LogP) is 5.29. The number of rotatable bonds is 9. The van der Waals surface area contributed by atoms with E-state index in [0.717, 1.165) is 34.9 Å². The number of amides is 1. The Morgan fingerprint density at radius 2 is 1.91 bits per heavy atom. The van der Waals surface area contributed by atoms with Gasteiger partial charge in [0.15, 0.2) is 5.16 Å². The van der Waals surface area contributed by atoms with E-state index in [0.29, 0.717) is 21.1 Å². The Balaban J connectivity index is 1.53. The molecular weight excluding hydrogens is 468 g/mol. The van der Waals surface area contributed by atoms with E-state index >= 15 is 0 Å². The summed E-state index contributed by atoms with van der Waals surface area (Å²) in [4.78, 5) is 34.8. The second-order valence-electron chi connectivity index (χ2n) is 7.88. The fourth-order valence-electron chi connectivity index (χ4n) is 3.79. The molecule has 0 atom stereocenters. The topological polar surface area (TPSA) is 80.4 Å². The zero-order chi connectivity index (χ0) is 24.2. The van der Waals surface area contributed by atoms with Crippen molar-refractivity contribution in [3.8, 4) is 0 Å². The van der Waals surface area contributed by atoms with Crippen molar-refractivity contribution in [2.24, 2.45) is 0 Å². The van der Waals surface area contributed by atoms with Gasteiger partial charge in [0.25, 0.3) is 5.56 Å². The number of nitrogens with one attached hydrogen (secondary N) is 1. The molecular formula is C25H28N4O3S2. The van der Waals surface area contributed by atoms with Crippen LogP contribution in [0.1, 0.15) is 30.0 Å². The minimum atomic E-state index is -0.155. The lowest BCUT2D eigenvalue weighted by molar-refractivity contribution is -0.113. The van der Waals surface area contributed by atoms with E-state index in [2.05, 4.69) is 24.1 Å². The Morgan fingerprint density at radius 1 is 1.18 bits per heavy atom. The number of hydrogen-bond donors (Lipinski definition) is 1. The lowest BCUT2D eigenvalue weighted by Crippen LogP contribution is -2.24. The lowest BCUT2D eigenvalue weighted by atomic mass is 10.2.